The Kier molecular flexibility index (Phi) is 1.21. The first-order chi connectivity index (χ1) is 6.45. The van der Waals surface area contributed by atoms with Crippen LogP contribution in [-0.4, -0.2) is 0 Å². The monoisotopic (exact) mass is 174 g/mol. The largest absolute Gasteiger partial charge is 0.0847 e. The molecule has 0 N–H and O–H groups in total. The second-order valence-electron chi connectivity index (χ2n) is 5.66. The maximum atomic E-state index is 2.62. The lowest BCUT2D eigenvalue weighted by atomic mass is 9.47. The van der Waals surface area contributed by atoms with Crippen molar-refractivity contribution in [1.29, 1.82) is 0 Å². The van der Waals surface area contributed by atoms with E-state index in [0.29, 0.717) is 0 Å². The van der Waals surface area contributed by atoms with Crippen molar-refractivity contribution < 1.29 is 0 Å². The van der Waals surface area contributed by atoms with E-state index in [1.807, 2.05) is 5.57 Å². The Morgan fingerprint density at radius 3 is 2.77 bits per heavy atom. The smallest absolute Gasteiger partial charge is 0.0138 e. The minimum Gasteiger partial charge on any atom is -0.0847 e. The van der Waals surface area contributed by atoms with E-state index in [9.17, 15) is 0 Å². The fraction of sp³-hybridized carbons (Fsp3) is 0.846. The van der Waals surface area contributed by atoms with Crippen LogP contribution in [-0.2, 0) is 0 Å². The highest BCUT2D eigenvalue weighted by Crippen LogP contribution is 2.68. The van der Waals surface area contributed by atoms with Gasteiger partial charge in [0.25, 0.3) is 0 Å². The van der Waals surface area contributed by atoms with Crippen LogP contribution in [0.1, 0.15) is 38.5 Å². The summed E-state index contributed by atoms with van der Waals surface area (Å²) in [7, 11) is 0. The van der Waals surface area contributed by atoms with Crippen LogP contribution in [0.2, 0.25) is 0 Å². The summed E-state index contributed by atoms with van der Waals surface area (Å²) in [5.41, 5.74) is 1.93. The van der Waals surface area contributed by atoms with Crippen molar-refractivity contribution in [3.8, 4) is 0 Å². The Bertz CT molecular complexity index is 276. The zero-order valence-electron chi connectivity index (χ0n) is 8.21. The topological polar surface area (TPSA) is 0 Å². The summed E-state index contributed by atoms with van der Waals surface area (Å²) in [4.78, 5) is 0. The van der Waals surface area contributed by atoms with Crippen LogP contribution in [0.4, 0.5) is 0 Å². The summed E-state index contributed by atoms with van der Waals surface area (Å²) < 4.78 is 0. The van der Waals surface area contributed by atoms with E-state index in [4.69, 9.17) is 0 Å². The van der Waals surface area contributed by atoms with Gasteiger partial charge in [-0.05, 0) is 68.1 Å². The molecule has 4 aliphatic carbocycles. The van der Waals surface area contributed by atoms with E-state index in [0.717, 1.165) is 17.8 Å². The fourth-order valence-corrected chi connectivity index (χ4v) is 4.74. The Labute approximate surface area is 80.4 Å². The third kappa shape index (κ3) is 0.705. The SMILES string of the molecule is C1=C2C(CCC1)CC1C3CCC3C21. The molecule has 0 aromatic rings. The molecule has 3 saturated carbocycles. The van der Waals surface area contributed by atoms with Gasteiger partial charge in [0.1, 0.15) is 0 Å². The van der Waals surface area contributed by atoms with E-state index < -0.39 is 0 Å². The third-order valence-corrected chi connectivity index (χ3v) is 5.41. The van der Waals surface area contributed by atoms with Crippen LogP contribution in [0.5, 0.6) is 0 Å². The van der Waals surface area contributed by atoms with Crippen molar-refractivity contribution in [2.45, 2.75) is 38.5 Å². The molecule has 0 aromatic heterocycles. The molecule has 0 radical (unpaired) electrons. The molecule has 0 spiro atoms. The molecule has 0 bridgehead atoms. The summed E-state index contributed by atoms with van der Waals surface area (Å²) in [6.07, 6.45) is 11.7. The van der Waals surface area contributed by atoms with Crippen LogP contribution < -0.4 is 0 Å². The Morgan fingerprint density at radius 1 is 1.00 bits per heavy atom. The summed E-state index contributed by atoms with van der Waals surface area (Å²) >= 11 is 0. The lowest BCUT2D eigenvalue weighted by molar-refractivity contribution is -0.0670. The van der Waals surface area contributed by atoms with Gasteiger partial charge in [0, 0.05) is 0 Å². The standard InChI is InChI=1S/C13H18/c1-2-4-9-8(3-1)7-12-10-5-6-11(10)13(9)12/h4,8,10-13H,1-3,5-7H2. The zero-order valence-corrected chi connectivity index (χ0v) is 8.21. The van der Waals surface area contributed by atoms with Crippen molar-refractivity contribution >= 4 is 0 Å². The average Bonchev–Trinajstić information content (AvgIpc) is 2.42. The lowest BCUT2D eigenvalue weighted by Crippen LogP contribution is -2.50. The van der Waals surface area contributed by atoms with Crippen molar-refractivity contribution in [2.75, 3.05) is 0 Å². The predicted molar refractivity (Wildman–Crippen MR) is 53.2 cm³/mol. The molecular formula is C13H18. The van der Waals surface area contributed by atoms with Crippen LogP contribution in [0.3, 0.4) is 0 Å². The molecule has 0 saturated heterocycles. The number of rotatable bonds is 0. The van der Waals surface area contributed by atoms with Crippen LogP contribution in [0.15, 0.2) is 11.6 Å². The summed E-state index contributed by atoms with van der Waals surface area (Å²) in [6, 6.07) is 0. The number of hydrogen-bond acceptors (Lipinski definition) is 0. The van der Waals surface area contributed by atoms with Gasteiger partial charge in [-0.25, -0.2) is 0 Å². The highest BCUT2D eigenvalue weighted by molar-refractivity contribution is 5.28. The first kappa shape index (κ1) is 7.09. The van der Waals surface area contributed by atoms with Crippen molar-refractivity contribution in [2.24, 2.45) is 29.6 Å². The quantitative estimate of drug-likeness (QED) is 0.494. The summed E-state index contributed by atoms with van der Waals surface area (Å²) in [5.74, 6) is 5.67. The van der Waals surface area contributed by atoms with Gasteiger partial charge in [-0.2, -0.15) is 0 Å². The zero-order chi connectivity index (χ0) is 8.41. The van der Waals surface area contributed by atoms with Gasteiger partial charge in [0.05, 0.1) is 0 Å². The Morgan fingerprint density at radius 2 is 1.92 bits per heavy atom. The highest BCUT2D eigenvalue weighted by Gasteiger charge is 2.60. The van der Waals surface area contributed by atoms with Crippen LogP contribution in [0, 0.1) is 29.6 Å². The molecule has 0 aliphatic heterocycles. The maximum Gasteiger partial charge on any atom is -0.0138 e. The average molecular weight is 174 g/mol. The molecule has 5 unspecified atom stereocenters. The van der Waals surface area contributed by atoms with Gasteiger partial charge in [-0.1, -0.05) is 11.6 Å². The van der Waals surface area contributed by atoms with E-state index in [-0.39, 0.29) is 0 Å². The predicted octanol–water partition coefficient (Wildman–Crippen LogP) is 3.39. The first-order valence-electron chi connectivity index (χ1n) is 6.15. The molecule has 0 heterocycles. The molecular weight excluding hydrogens is 156 g/mol. The van der Waals surface area contributed by atoms with E-state index in [1.54, 1.807) is 19.3 Å². The Hall–Kier alpha value is -0.260. The molecule has 4 aliphatic rings. The normalized spacial score (nSPS) is 56.6. The molecule has 0 nitrogen and oxygen atoms in total. The van der Waals surface area contributed by atoms with E-state index in [1.165, 1.54) is 31.1 Å². The van der Waals surface area contributed by atoms with Gasteiger partial charge in [0.15, 0.2) is 0 Å². The minimum absolute atomic E-state index is 1.05. The van der Waals surface area contributed by atoms with Crippen molar-refractivity contribution in [1.82, 2.24) is 0 Å². The molecule has 0 amide bonds. The van der Waals surface area contributed by atoms with E-state index in [2.05, 4.69) is 6.08 Å². The molecule has 5 atom stereocenters. The molecule has 70 valence electrons. The Balaban J connectivity index is 1.70. The lowest BCUT2D eigenvalue weighted by Gasteiger charge is -2.57. The van der Waals surface area contributed by atoms with Gasteiger partial charge in [0.2, 0.25) is 0 Å². The van der Waals surface area contributed by atoms with Gasteiger partial charge in [-0.3, -0.25) is 0 Å². The molecule has 3 fully saturated rings. The number of allylic oxidation sites excluding steroid dienone is 2. The van der Waals surface area contributed by atoms with Gasteiger partial charge < -0.3 is 0 Å². The van der Waals surface area contributed by atoms with Crippen LogP contribution >= 0.6 is 0 Å². The summed E-state index contributed by atoms with van der Waals surface area (Å²) in [5, 5.41) is 0. The summed E-state index contributed by atoms with van der Waals surface area (Å²) in [6.45, 7) is 0. The number of fused-ring (bicyclic) bond motifs is 6. The highest BCUT2D eigenvalue weighted by atomic mass is 14.6. The maximum absolute atomic E-state index is 2.62. The van der Waals surface area contributed by atoms with E-state index >= 15 is 0 Å². The minimum atomic E-state index is 1.05. The van der Waals surface area contributed by atoms with Crippen LogP contribution in [0.25, 0.3) is 0 Å². The fourth-order valence-electron chi connectivity index (χ4n) is 4.74. The second kappa shape index (κ2) is 2.21. The molecule has 0 aromatic carbocycles. The molecule has 13 heavy (non-hydrogen) atoms. The second-order valence-corrected chi connectivity index (χ2v) is 5.66. The molecule has 4 rings (SSSR count). The van der Waals surface area contributed by atoms with Gasteiger partial charge in [-0.15, -0.1) is 0 Å². The molecule has 0 heteroatoms. The van der Waals surface area contributed by atoms with Crippen molar-refractivity contribution in [3.05, 3.63) is 11.6 Å². The number of hydrogen-bond donors (Lipinski definition) is 0. The third-order valence-electron chi connectivity index (χ3n) is 5.41. The first-order valence-corrected chi connectivity index (χ1v) is 6.15. The van der Waals surface area contributed by atoms with Crippen molar-refractivity contribution in [3.63, 3.8) is 0 Å². The van der Waals surface area contributed by atoms with Gasteiger partial charge >= 0.3 is 0 Å².